The van der Waals surface area contributed by atoms with Crippen molar-refractivity contribution in [2.75, 3.05) is 11.9 Å². The molecule has 0 radical (unpaired) electrons. The van der Waals surface area contributed by atoms with Crippen molar-refractivity contribution in [2.45, 2.75) is 25.4 Å². The molecule has 0 saturated heterocycles. The lowest BCUT2D eigenvalue weighted by Crippen LogP contribution is -2.13. The Kier molecular flexibility index (Phi) is 4.05. The number of aromatic nitrogens is 1. The lowest BCUT2D eigenvalue weighted by atomic mass is 10.1. The first-order valence-electron chi connectivity index (χ1n) is 5.38. The van der Waals surface area contributed by atoms with Gasteiger partial charge in [-0.25, -0.2) is 4.98 Å². The Balaban J connectivity index is 1.87. The minimum atomic E-state index is -0.117. The number of anilines is 1. The topological polar surface area (TPSA) is 45.1 Å². The van der Waals surface area contributed by atoms with E-state index in [2.05, 4.69) is 26.2 Å². The Morgan fingerprint density at radius 2 is 2.38 bits per heavy atom. The van der Waals surface area contributed by atoms with Gasteiger partial charge in [-0.2, -0.15) is 0 Å². The molecule has 0 aliphatic heterocycles. The monoisotopic (exact) mass is 304 g/mol. The smallest absolute Gasteiger partial charge is 0.127 e. The van der Waals surface area contributed by atoms with Gasteiger partial charge >= 0.3 is 0 Å². The van der Waals surface area contributed by atoms with Gasteiger partial charge in [-0.15, -0.1) is 0 Å². The third kappa shape index (κ3) is 3.09. The predicted octanol–water partition coefficient (Wildman–Crippen LogP) is 3.07. The molecule has 1 aliphatic carbocycles. The number of pyridine rings is 1. The van der Waals surface area contributed by atoms with Gasteiger partial charge in [0.1, 0.15) is 5.82 Å². The van der Waals surface area contributed by atoms with E-state index in [4.69, 9.17) is 11.6 Å². The number of nitrogens with one attached hydrogen (secondary N) is 1. The Bertz CT molecular complexity index is 375. The van der Waals surface area contributed by atoms with E-state index in [0.717, 1.165) is 36.1 Å². The largest absolute Gasteiger partial charge is 0.393 e. The Morgan fingerprint density at radius 1 is 1.56 bits per heavy atom. The molecule has 3 nitrogen and oxygen atoms in total. The van der Waals surface area contributed by atoms with Crippen LogP contribution in [-0.2, 0) is 0 Å². The molecule has 0 amide bonds. The lowest BCUT2D eigenvalue weighted by Gasteiger charge is -2.11. The molecular weight excluding hydrogens is 291 g/mol. The summed E-state index contributed by atoms with van der Waals surface area (Å²) in [5, 5.41) is 13.3. The molecule has 2 atom stereocenters. The summed E-state index contributed by atoms with van der Waals surface area (Å²) in [5.41, 5.74) is 0. The molecule has 1 fully saturated rings. The SMILES string of the molecule is OC1CCC(CNc2cc(Cl)c(Br)cn2)C1. The standard InChI is InChI=1S/C11H14BrClN2O/c12-9-6-15-11(4-10(9)13)14-5-7-1-2-8(16)3-7/h4,6-8,16H,1-3,5H2,(H,14,15). The van der Waals surface area contributed by atoms with Gasteiger partial charge in [0, 0.05) is 18.8 Å². The average molecular weight is 306 g/mol. The first-order chi connectivity index (χ1) is 7.65. The van der Waals surface area contributed by atoms with Crippen LogP contribution in [0.1, 0.15) is 19.3 Å². The van der Waals surface area contributed by atoms with Gasteiger partial charge in [0.25, 0.3) is 0 Å². The summed E-state index contributed by atoms with van der Waals surface area (Å²) in [6, 6.07) is 1.80. The van der Waals surface area contributed by atoms with Crippen LogP contribution in [0, 0.1) is 5.92 Å². The zero-order valence-electron chi connectivity index (χ0n) is 8.79. The summed E-state index contributed by atoms with van der Waals surface area (Å²) >= 11 is 9.26. The predicted molar refractivity (Wildman–Crippen MR) is 68.8 cm³/mol. The fraction of sp³-hybridized carbons (Fsp3) is 0.545. The molecule has 0 bridgehead atoms. The molecule has 1 aromatic heterocycles. The van der Waals surface area contributed by atoms with Crippen molar-refractivity contribution in [3.05, 3.63) is 21.8 Å². The molecule has 2 N–H and O–H groups in total. The van der Waals surface area contributed by atoms with Crippen LogP contribution in [0.5, 0.6) is 0 Å². The van der Waals surface area contributed by atoms with Crippen LogP contribution in [0.3, 0.4) is 0 Å². The summed E-state index contributed by atoms with van der Waals surface area (Å²) in [6.07, 6.45) is 4.46. The summed E-state index contributed by atoms with van der Waals surface area (Å²) in [5.74, 6) is 1.33. The number of aliphatic hydroxyl groups excluding tert-OH is 1. The number of hydrogen-bond donors (Lipinski definition) is 2. The third-order valence-electron chi connectivity index (χ3n) is 2.89. The fourth-order valence-corrected chi connectivity index (χ4v) is 2.36. The second-order valence-electron chi connectivity index (χ2n) is 4.20. The van der Waals surface area contributed by atoms with Crippen molar-refractivity contribution >= 4 is 33.3 Å². The van der Waals surface area contributed by atoms with Crippen LogP contribution in [0.2, 0.25) is 5.02 Å². The van der Waals surface area contributed by atoms with Crippen molar-refractivity contribution in [3.8, 4) is 0 Å². The first-order valence-corrected chi connectivity index (χ1v) is 6.55. The molecule has 1 heterocycles. The molecule has 88 valence electrons. The van der Waals surface area contributed by atoms with E-state index in [-0.39, 0.29) is 6.10 Å². The zero-order chi connectivity index (χ0) is 11.5. The highest BCUT2D eigenvalue weighted by molar-refractivity contribution is 9.10. The molecule has 2 rings (SSSR count). The van der Waals surface area contributed by atoms with Gasteiger partial charge in [-0.1, -0.05) is 11.6 Å². The highest BCUT2D eigenvalue weighted by Crippen LogP contribution is 2.27. The Hall–Kier alpha value is -0.320. The molecule has 16 heavy (non-hydrogen) atoms. The summed E-state index contributed by atoms with van der Waals surface area (Å²) in [6.45, 7) is 0.849. The van der Waals surface area contributed by atoms with Gasteiger partial charge in [-0.3, -0.25) is 0 Å². The molecule has 1 aromatic rings. The minimum absolute atomic E-state index is 0.117. The third-order valence-corrected chi connectivity index (χ3v) is 4.07. The van der Waals surface area contributed by atoms with Gasteiger partial charge in [0.15, 0.2) is 0 Å². The number of rotatable bonds is 3. The van der Waals surface area contributed by atoms with E-state index in [1.165, 1.54) is 0 Å². The highest BCUT2D eigenvalue weighted by Gasteiger charge is 2.22. The number of hydrogen-bond acceptors (Lipinski definition) is 3. The van der Waals surface area contributed by atoms with E-state index < -0.39 is 0 Å². The molecule has 0 aromatic carbocycles. The van der Waals surface area contributed by atoms with Gasteiger partial charge in [0.2, 0.25) is 0 Å². The maximum absolute atomic E-state index is 9.41. The van der Waals surface area contributed by atoms with Crippen LogP contribution in [0.4, 0.5) is 5.82 Å². The van der Waals surface area contributed by atoms with Crippen molar-refractivity contribution < 1.29 is 5.11 Å². The molecule has 0 spiro atoms. The summed E-state index contributed by atoms with van der Waals surface area (Å²) in [7, 11) is 0. The lowest BCUT2D eigenvalue weighted by molar-refractivity contribution is 0.178. The molecule has 1 saturated carbocycles. The van der Waals surface area contributed by atoms with Crippen molar-refractivity contribution in [3.63, 3.8) is 0 Å². The molecule has 2 unspecified atom stereocenters. The Labute approximate surface area is 108 Å². The van der Waals surface area contributed by atoms with Gasteiger partial charge in [0.05, 0.1) is 15.6 Å². The molecule has 5 heteroatoms. The van der Waals surface area contributed by atoms with E-state index in [0.29, 0.717) is 10.9 Å². The second-order valence-corrected chi connectivity index (χ2v) is 5.46. The van der Waals surface area contributed by atoms with Crippen molar-refractivity contribution in [1.82, 2.24) is 4.98 Å². The van der Waals surface area contributed by atoms with Crippen LogP contribution < -0.4 is 5.32 Å². The van der Waals surface area contributed by atoms with Crippen LogP contribution >= 0.6 is 27.5 Å². The van der Waals surface area contributed by atoms with Crippen LogP contribution in [0.15, 0.2) is 16.7 Å². The average Bonchev–Trinajstić information content (AvgIpc) is 2.66. The minimum Gasteiger partial charge on any atom is -0.393 e. The Morgan fingerprint density at radius 3 is 3.00 bits per heavy atom. The molecular formula is C11H14BrClN2O. The van der Waals surface area contributed by atoms with Gasteiger partial charge in [-0.05, 0) is 41.1 Å². The molecule has 1 aliphatic rings. The number of nitrogens with zero attached hydrogens (tertiary/aromatic N) is 1. The van der Waals surface area contributed by atoms with E-state index >= 15 is 0 Å². The van der Waals surface area contributed by atoms with E-state index in [1.54, 1.807) is 12.3 Å². The second kappa shape index (κ2) is 5.34. The number of aliphatic hydroxyl groups is 1. The quantitative estimate of drug-likeness (QED) is 0.902. The van der Waals surface area contributed by atoms with E-state index in [1.807, 2.05) is 0 Å². The van der Waals surface area contributed by atoms with Crippen molar-refractivity contribution in [1.29, 1.82) is 0 Å². The summed E-state index contributed by atoms with van der Waals surface area (Å²) < 4.78 is 0.802. The maximum Gasteiger partial charge on any atom is 0.127 e. The summed E-state index contributed by atoms with van der Waals surface area (Å²) in [4.78, 5) is 4.21. The number of halogens is 2. The van der Waals surface area contributed by atoms with Crippen molar-refractivity contribution in [2.24, 2.45) is 5.92 Å². The van der Waals surface area contributed by atoms with Crippen LogP contribution in [-0.4, -0.2) is 22.7 Å². The maximum atomic E-state index is 9.41. The van der Waals surface area contributed by atoms with Crippen LogP contribution in [0.25, 0.3) is 0 Å². The first kappa shape index (κ1) is 12.1. The fourth-order valence-electron chi connectivity index (χ4n) is 1.99. The highest BCUT2D eigenvalue weighted by atomic mass is 79.9. The normalized spacial score (nSPS) is 24.7. The zero-order valence-corrected chi connectivity index (χ0v) is 11.1. The van der Waals surface area contributed by atoms with Gasteiger partial charge < -0.3 is 10.4 Å². The van der Waals surface area contributed by atoms with E-state index in [9.17, 15) is 5.11 Å².